The van der Waals surface area contributed by atoms with Crippen molar-refractivity contribution in [2.75, 3.05) is 0 Å². The number of unbranched alkanes of at least 4 members (excludes halogenated alkanes) is 15. The van der Waals surface area contributed by atoms with Crippen LogP contribution < -0.4 is 4.57 Å². The van der Waals surface area contributed by atoms with Crippen molar-refractivity contribution >= 4 is 0 Å². The van der Waals surface area contributed by atoms with Crippen molar-refractivity contribution in [2.24, 2.45) is 0 Å². The predicted molar refractivity (Wildman–Crippen MR) is 128 cm³/mol. The highest BCUT2D eigenvalue weighted by Gasteiger charge is 2.15. The molecule has 0 aromatic carbocycles. The van der Waals surface area contributed by atoms with Crippen LogP contribution in [0.15, 0.2) is 12.4 Å². The van der Waals surface area contributed by atoms with Crippen LogP contribution in [0.3, 0.4) is 0 Å². The Hall–Kier alpha value is -0.790. The molecule has 0 radical (unpaired) electrons. The van der Waals surface area contributed by atoms with Gasteiger partial charge in [0.2, 0.25) is 0 Å². The fourth-order valence-electron chi connectivity index (χ4n) is 4.36. The van der Waals surface area contributed by atoms with Crippen LogP contribution in [-0.4, -0.2) is 4.57 Å². The summed E-state index contributed by atoms with van der Waals surface area (Å²) in [7, 11) is 0. The summed E-state index contributed by atoms with van der Waals surface area (Å²) >= 11 is 0. The molecule has 0 spiro atoms. The van der Waals surface area contributed by atoms with E-state index in [2.05, 4.69) is 42.3 Å². The molecule has 170 valence electrons. The second kappa shape index (κ2) is 19.2. The van der Waals surface area contributed by atoms with E-state index in [4.69, 9.17) is 0 Å². The molecule has 0 atom stereocenters. The monoisotopic (exact) mass is 405 g/mol. The van der Waals surface area contributed by atoms with E-state index in [9.17, 15) is 0 Å². The van der Waals surface area contributed by atoms with Crippen molar-refractivity contribution in [1.82, 2.24) is 4.57 Å². The molecule has 0 unspecified atom stereocenters. The van der Waals surface area contributed by atoms with Crippen LogP contribution in [0.2, 0.25) is 0 Å². The minimum Gasteiger partial charge on any atom is -0.234 e. The third-order valence-corrected chi connectivity index (χ3v) is 6.35. The van der Waals surface area contributed by atoms with Gasteiger partial charge in [0, 0.05) is 6.42 Å². The van der Waals surface area contributed by atoms with Gasteiger partial charge in [-0.2, -0.15) is 0 Å². The van der Waals surface area contributed by atoms with Crippen molar-refractivity contribution in [3.8, 4) is 0 Å². The van der Waals surface area contributed by atoms with E-state index in [1.807, 2.05) is 0 Å². The first kappa shape index (κ1) is 26.2. The maximum absolute atomic E-state index is 2.56. The molecule has 0 aliphatic rings. The van der Waals surface area contributed by atoms with Crippen LogP contribution in [0.4, 0.5) is 0 Å². The van der Waals surface area contributed by atoms with Gasteiger partial charge in [0.05, 0.1) is 13.1 Å². The molecule has 0 aliphatic heterocycles. The molecule has 0 N–H and O–H groups in total. The maximum atomic E-state index is 2.56. The second-order valence-electron chi connectivity index (χ2n) is 9.15. The van der Waals surface area contributed by atoms with Crippen LogP contribution in [0.25, 0.3) is 0 Å². The highest BCUT2D eigenvalue weighted by Crippen LogP contribution is 2.13. The third kappa shape index (κ3) is 13.2. The number of imidazole rings is 1. The summed E-state index contributed by atoms with van der Waals surface area (Å²) in [5, 5.41) is 0. The standard InChI is InChI=1S/C27H53N2/c1-4-7-10-11-12-13-14-15-16-17-18-19-21-24-29-26-25-28(23-20-8-5-2)27(29)22-9-6-3/h25-26H,4-24H2,1-3H3/q+1. The van der Waals surface area contributed by atoms with Gasteiger partial charge in [-0.25, -0.2) is 9.13 Å². The van der Waals surface area contributed by atoms with Crippen LogP contribution in [0.5, 0.6) is 0 Å². The van der Waals surface area contributed by atoms with Gasteiger partial charge >= 0.3 is 0 Å². The number of hydrogen-bond donors (Lipinski definition) is 0. The van der Waals surface area contributed by atoms with Crippen LogP contribution in [0.1, 0.15) is 142 Å². The number of nitrogens with zero attached hydrogens (tertiary/aromatic N) is 2. The fourth-order valence-corrected chi connectivity index (χ4v) is 4.36. The average Bonchev–Trinajstić information content (AvgIpc) is 3.11. The normalized spacial score (nSPS) is 11.4. The molecule has 2 nitrogen and oxygen atoms in total. The lowest BCUT2D eigenvalue weighted by atomic mass is 10.0. The molecule has 0 saturated carbocycles. The van der Waals surface area contributed by atoms with Crippen molar-refractivity contribution in [3.05, 3.63) is 18.2 Å². The summed E-state index contributed by atoms with van der Waals surface area (Å²) in [5.41, 5.74) is 0. The Morgan fingerprint density at radius 1 is 0.586 bits per heavy atom. The Morgan fingerprint density at radius 3 is 1.62 bits per heavy atom. The highest BCUT2D eigenvalue weighted by molar-refractivity contribution is 4.84. The van der Waals surface area contributed by atoms with Crippen LogP contribution in [0, 0.1) is 0 Å². The van der Waals surface area contributed by atoms with Gasteiger partial charge < -0.3 is 0 Å². The Morgan fingerprint density at radius 2 is 1.07 bits per heavy atom. The van der Waals surface area contributed by atoms with Crippen molar-refractivity contribution in [1.29, 1.82) is 0 Å². The topological polar surface area (TPSA) is 8.81 Å². The smallest absolute Gasteiger partial charge is 0.234 e. The zero-order valence-corrected chi connectivity index (χ0v) is 20.4. The van der Waals surface area contributed by atoms with Crippen molar-refractivity contribution in [3.63, 3.8) is 0 Å². The number of aromatic nitrogens is 2. The Bertz CT molecular complexity index is 463. The van der Waals surface area contributed by atoms with Gasteiger partial charge in [-0.15, -0.1) is 0 Å². The summed E-state index contributed by atoms with van der Waals surface area (Å²) in [6.07, 6.45) is 31.2. The molecule has 1 rings (SSSR count). The van der Waals surface area contributed by atoms with Gasteiger partial charge in [-0.05, 0) is 32.1 Å². The molecule has 0 saturated heterocycles. The minimum absolute atomic E-state index is 1.21. The number of rotatable bonds is 21. The van der Waals surface area contributed by atoms with Crippen molar-refractivity contribution < 1.29 is 4.57 Å². The van der Waals surface area contributed by atoms with Gasteiger partial charge in [-0.1, -0.05) is 104 Å². The summed E-state index contributed by atoms with van der Waals surface area (Å²) in [6, 6.07) is 0. The summed E-state index contributed by atoms with van der Waals surface area (Å²) in [4.78, 5) is 0. The Balaban J connectivity index is 2.11. The highest BCUT2D eigenvalue weighted by atomic mass is 15.1. The maximum Gasteiger partial charge on any atom is 0.256 e. The molecule has 0 amide bonds. The predicted octanol–water partition coefficient (Wildman–Crippen LogP) is 8.40. The molecular formula is C27H53N2+. The first-order valence-corrected chi connectivity index (χ1v) is 13.4. The van der Waals surface area contributed by atoms with Gasteiger partial charge in [-0.3, -0.25) is 0 Å². The third-order valence-electron chi connectivity index (χ3n) is 6.35. The molecular weight excluding hydrogens is 352 g/mol. The molecule has 2 heteroatoms. The molecule has 1 heterocycles. The van der Waals surface area contributed by atoms with E-state index in [0.717, 1.165) is 0 Å². The SMILES string of the molecule is CCCCCCCCCCCCCCCn1cc[n+](CCCCC)c1CCCC. The molecule has 0 bridgehead atoms. The fraction of sp³-hybridized carbons (Fsp3) is 0.889. The molecule has 1 aromatic rings. The molecule has 0 fully saturated rings. The summed E-state index contributed by atoms with van der Waals surface area (Å²) in [6.45, 7) is 9.33. The summed E-state index contributed by atoms with van der Waals surface area (Å²) in [5.74, 6) is 1.57. The Labute approximate surface area is 183 Å². The largest absolute Gasteiger partial charge is 0.256 e. The van der Waals surface area contributed by atoms with Gasteiger partial charge in [0.1, 0.15) is 12.4 Å². The van der Waals surface area contributed by atoms with E-state index >= 15 is 0 Å². The molecule has 1 aromatic heterocycles. The minimum atomic E-state index is 1.21. The molecule has 29 heavy (non-hydrogen) atoms. The van der Waals surface area contributed by atoms with E-state index in [1.165, 1.54) is 135 Å². The van der Waals surface area contributed by atoms with Crippen LogP contribution >= 0.6 is 0 Å². The zero-order valence-electron chi connectivity index (χ0n) is 20.4. The number of hydrogen-bond acceptors (Lipinski definition) is 0. The van der Waals surface area contributed by atoms with E-state index in [0.29, 0.717) is 0 Å². The van der Waals surface area contributed by atoms with E-state index in [-0.39, 0.29) is 0 Å². The lowest BCUT2D eigenvalue weighted by Crippen LogP contribution is -2.37. The van der Waals surface area contributed by atoms with E-state index < -0.39 is 0 Å². The second-order valence-corrected chi connectivity index (χ2v) is 9.15. The quantitative estimate of drug-likeness (QED) is 0.143. The van der Waals surface area contributed by atoms with Gasteiger partial charge in [0.25, 0.3) is 5.82 Å². The number of aryl methyl sites for hydroxylation is 2. The van der Waals surface area contributed by atoms with Crippen molar-refractivity contribution in [2.45, 2.75) is 156 Å². The van der Waals surface area contributed by atoms with E-state index in [1.54, 1.807) is 5.82 Å². The first-order chi connectivity index (χ1) is 14.3. The lowest BCUT2D eigenvalue weighted by molar-refractivity contribution is -0.704. The average molecular weight is 406 g/mol. The Kier molecular flexibility index (Phi) is 17.4. The summed E-state index contributed by atoms with van der Waals surface area (Å²) < 4.78 is 5.09. The lowest BCUT2D eigenvalue weighted by Gasteiger charge is -2.06. The van der Waals surface area contributed by atoms with Gasteiger partial charge in [0.15, 0.2) is 0 Å². The zero-order chi connectivity index (χ0) is 21.0. The first-order valence-electron chi connectivity index (χ1n) is 13.4. The molecule has 0 aliphatic carbocycles. The van der Waals surface area contributed by atoms with Crippen LogP contribution in [-0.2, 0) is 19.5 Å².